The Balaban J connectivity index is 2.55. The lowest BCUT2D eigenvalue weighted by Crippen LogP contribution is -2.52. The molecule has 1 saturated carbocycles. The van der Waals surface area contributed by atoms with Gasteiger partial charge in [-0.15, -0.1) is 0 Å². The van der Waals surface area contributed by atoms with Gasteiger partial charge in [-0.05, 0) is 36.3 Å². The van der Waals surface area contributed by atoms with Gasteiger partial charge in [-0.1, -0.05) is 39.7 Å². The minimum atomic E-state index is -0.897. The summed E-state index contributed by atoms with van der Waals surface area (Å²) in [6.07, 6.45) is 3.58. The highest BCUT2D eigenvalue weighted by atomic mass is 19.1. The molecule has 1 nitrogen and oxygen atoms in total. The maximum absolute atomic E-state index is 14.1. The molecule has 2 atom stereocenters. The van der Waals surface area contributed by atoms with Crippen LogP contribution in [0.3, 0.4) is 0 Å². The second-order valence-corrected chi connectivity index (χ2v) is 6.80. The number of hydrogen-bond acceptors (Lipinski definition) is 1. The van der Waals surface area contributed by atoms with E-state index < -0.39 is 17.2 Å². The van der Waals surface area contributed by atoms with Gasteiger partial charge in [0.15, 0.2) is 0 Å². The normalized spacial score (nSPS) is 28.4. The summed E-state index contributed by atoms with van der Waals surface area (Å²) in [6.45, 7) is 6.30. The van der Waals surface area contributed by atoms with E-state index in [-0.39, 0.29) is 16.9 Å². The zero-order valence-electron chi connectivity index (χ0n) is 12.0. The van der Waals surface area contributed by atoms with Crippen LogP contribution in [0.25, 0.3) is 0 Å². The molecule has 0 spiro atoms. The van der Waals surface area contributed by atoms with E-state index in [1.54, 1.807) is 0 Å². The SMILES string of the molecule is CC(C)(C)C1CCCCC1(N)c1c(F)cccc1F. The van der Waals surface area contributed by atoms with Crippen LogP contribution in [0.15, 0.2) is 18.2 Å². The van der Waals surface area contributed by atoms with E-state index in [0.717, 1.165) is 19.3 Å². The summed E-state index contributed by atoms with van der Waals surface area (Å²) in [5, 5.41) is 0. The van der Waals surface area contributed by atoms with Crippen LogP contribution >= 0.6 is 0 Å². The lowest BCUT2D eigenvalue weighted by molar-refractivity contribution is 0.0725. The molecule has 19 heavy (non-hydrogen) atoms. The smallest absolute Gasteiger partial charge is 0.131 e. The Kier molecular flexibility index (Phi) is 3.69. The first-order valence-corrected chi connectivity index (χ1v) is 7.00. The van der Waals surface area contributed by atoms with Crippen molar-refractivity contribution in [3.8, 4) is 0 Å². The lowest BCUT2D eigenvalue weighted by atomic mass is 9.60. The monoisotopic (exact) mass is 267 g/mol. The lowest BCUT2D eigenvalue weighted by Gasteiger charge is -2.48. The van der Waals surface area contributed by atoms with Crippen molar-refractivity contribution in [1.82, 2.24) is 0 Å². The number of rotatable bonds is 1. The summed E-state index contributed by atoms with van der Waals surface area (Å²) in [4.78, 5) is 0. The summed E-state index contributed by atoms with van der Waals surface area (Å²) in [7, 11) is 0. The van der Waals surface area contributed by atoms with Gasteiger partial charge in [0.1, 0.15) is 11.6 Å². The topological polar surface area (TPSA) is 26.0 Å². The van der Waals surface area contributed by atoms with Gasteiger partial charge in [0.05, 0.1) is 5.54 Å². The average Bonchev–Trinajstić information content (AvgIpc) is 2.27. The Hall–Kier alpha value is -0.960. The number of halogens is 2. The van der Waals surface area contributed by atoms with Crippen LogP contribution in [0.2, 0.25) is 0 Å². The molecular weight excluding hydrogens is 244 g/mol. The van der Waals surface area contributed by atoms with Crippen molar-refractivity contribution < 1.29 is 8.78 Å². The van der Waals surface area contributed by atoms with Crippen molar-refractivity contribution in [2.24, 2.45) is 17.1 Å². The number of nitrogens with two attached hydrogens (primary N) is 1. The van der Waals surface area contributed by atoms with Gasteiger partial charge in [0.2, 0.25) is 0 Å². The molecule has 2 unspecified atom stereocenters. The van der Waals surface area contributed by atoms with Crippen LogP contribution in [0.1, 0.15) is 52.0 Å². The molecule has 0 aromatic heterocycles. The van der Waals surface area contributed by atoms with E-state index in [1.165, 1.54) is 18.2 Å². The standard InChI is InChI=1S/C16H23F2N/c1-15(2,3)13-9-4-5-10-16(13,19)14-11(17)7-6-8-12(14)18/h6-8,13H,4-5,9-10,19H2,1-3H3. The molecule has 1 aliphatic carbocycles. The second kappa shape index (κ2) is 4.86. The predicted molar refractivity (Wildman–Crippen MR) is 73.6 cm³/mol. The van der Waals surface area contributed by atoms with E-state index in [0.29, 0.717) is 6.42 Å². The first-order chi connectivity index (χ1) is 8.77. The fraction of sp³-hybridized carbons (Fsp3) is 0.625. The third-order valence-electron chi connectivity index (χ3n) is 4.43. The van der Waals surface area contributed by atoms with Crippen molar-refractivity contribution in [3.05, 3.63) is 35.4 Å². The highest BCUT2D eigenvalue weighted by Crippen LogP contribution is 2.49. The molecule has 3 heteroatoms. The molecule has 2 N–H and O–H groups in total. The fourth-order valence-corrected chi connectivity index (χ4v) is 3.65. The van der Waals surface area contributed by atoms with E-state index in [4.69, 9.17) is 5.73 Å². The van der Waals surface area contributed by atoms with Gasteiger partial charge >= 0.3 is 0 Å². The molecular formula is C16H23F2N. The zero-order valence-corrected chi connectivity index (χ0v) is 12.0. The van der Waals surface area contributed by atoms with Crippen molar-refractivity contribution in [2.45, 2.75) is 52.0 Å². The Morgan fingerprint density at radius 2 is 1.74 bits per heavy atom. The van der Waals surface area contributed by atoms with Crippen molar-refractivity contribution in [2.75, 3.05) is 0 Å². The summed E-state index contributed by atoms with van der Waals surface area (Å²) in [5.74, 6) is -0.947. The van der Waals surface area contributed by atoms with E-state index in [2.05, 4.69) is 20.8 Å². The molecule has 1 fully saturated rings. The Morgan fingerprint density at radius 3 is 2.26 bits per heavy atom. The van der Waals surface area contributed by atoms with E-state index >= 15 is 0 Å². The molecule has 0 heterocycles. The molecule has 0 amide bonds. The summed E-state index contributed by atoms with van der Waals surface area (Å²) in [5.41, 5.74) is 5.65. The number of hydrogen-bond donors (Lipinski definition) is 1. The molecule has 2 rings (SSSR count). The highest BCUT2D eigenvalue weighted by Gasteiger charge is 2.47. The molecule has 0 saturated heterocycles. The minimum Gasteiger partial charge on any atom is -0.321 e. The molecule has 0 aliphatic heterocycles. The summed E-state index contributed by atoms with van der Waals surface area (Å²) in [6, 6.07) is 4.01. The van der Waals surface area contributed by atoms with Crippen LogP contribution in [0, 0.1) is 23.0 Å². The highest BCUT2D eigenvalue weighted by molar-refractivity contribution is 5.30. The van der Waals surface area contributed by atoms with Gasteiger partial charge < -0.3 is 5.73 Å². The van der Waals surface area contributed by atoms with Crippen LogP contribution in [-0.4, -0.2) is 0 Å². The molecule has 0 radical (unpaired) electrons. The Labute approximate surface area is 114 Å². The van der Waals surface area contributed by atoms with Crippen molar-refractivity contribution in [1.29, 1.82) is 0 Å². The predicted octanol–water partition coefficient (Wildman–Crippen LogP) is 4.36. The van der Waals surface area contributed by atoms with Crippen LogP contribution in [0.5, 0.6) is 0 Å². The molecule has 0 bridgehead atoms. The molecule has 1 aromatic rings. The first-order valence-electron chi connectivity index (χ1n) is 7.00. The van der Waals surface area contributed by atoms with Gasteiger partial charge in [0, 0.05) is 5.56 Å². The third kappa shape index (κ3) is 2.53. The first kappa shape index (κ1) is 14.4. The minimum absolute atomic E-state index is 0.0656. The largest absolute Gasteiger partial charge is 0.321 e. The Morgan fingerprint density at radius 1 is 1.16 bits per heavy atom. The fourth-order valence-electron chi connectivity index (χ4n) is 3.65. The third-order valence-corrected chi connectivity index (χ3v) is 4.43. The Bertz CT molecular complexity index is 444. The summed E-state index contributed by atoms with van der Waals surface area (Å²) >= 11 is 0. The maximum atomic E-state index is 14.1. The second-order valence-electron chi connectivity index (χ2n) is 6.80. The van der Waals surface area contributed by atoms with Crippen LogP contribution in [-0.2, 0) is 5.54 Å². The van der Waals surface area contributed by atoms with Gasteiger partial charge in [-0.25, -0.2) is 8.78 Å². The molecule has 1 aromatic carbocycles. The number of benzene rings is 1. The van der Waals surface area contributed by atoms with Gasteiger partial charge in [-0.2, -0.15) is 0 Å². The van der Waals surface area contributed by atoms with Gasteiger partial charge in [-0.3, -0.25) is 0 Å². The summed E-state index contributed by atoms with van der Waals surface area (Å²) < 4.78 is 28.2. The zero-order chi connectivity index (χ0) is 14.3. The van der Waals surface area contributed by atoms with E-state index in [9.17, 15) is 8.78 Å². The van der Waals surface area contributed by atoms with E-state index in [1.807, 2.05) is 0 Å². The van der Waals surface area contributed by atoms with Crippen molar-refractivity contribution in [3.63, 3.8) is 0 Å². The maximum Gasteiger partial charge on any atom is 0.131 e. The average molecular weight is 267 g/mol. The van der Waals surface area contributed by atoms with Crippen LogP contribution < -0.4 is 5.73 Å². The van der Waals surface area contributed by atoms with Crippen LogP contribution in [0.4, 0.5) is 8.78 Å². The quantitative estimate of drug-likeness (QED) is 0.804. The molecule has 1 aliphatic rings. The van der Waals surface area contributed by atoms with Crippen molar-refractivity contribution >= 4 is 0 Å². The van der Waals surface area contributed by atoms with Gasteiger partial charge in [0.25, 0.3) is 0 Å². The molecule has 106 valence electrons.